The van der Waals surface area contributed by atoms with Crippen LogP contribution in [-0.4, -0.2) is 11.1 Å². The molecule has 1 fully saturated rings. The Labute approximate surface area is 77.9 Å². The summed E-state index contributed by atoms with van der Waals surface area (Å²) in [6, 6.07) is 1.91. The van der Waals surface area contributed by atoms with Crippen LogP contribution in [0.4, 0.5) is 0 Å². The Morgan fingerprint density at radius 3 is 3.00 bits per heavy atom. The molecule has 1 aliphatic rings. The lowest BCUT2D eigenvalue weighted by Gasteiger charge is -2.27. The summed E-state index contributed by atoms with van der Waals surface area (Å²) in [5, 5.41) is 0. The molecular weight excluding hydrogens is 164 g/mol. The molecule has 1 heterocycles. The van der Waals surface area contributed by atoms with Gasteiger partial charge in [0.1, 0.15) is 5.75 Å². The van der Waals surface area contributed by atoms with Crippen molar-refractivity contribution in [2.45, 2.75) is 31.9 Å². The number of nitrogens with zero attached hydrogens (tertiary/aromatic N) is 1. The van der Waals surface area contributed by atoms with E-state index in [2.05, 4.69) is 4.98 Å². The summed E-state index contributed by atoms with van der Waals surface area (Å²) in [5.74, 6) is 0.856. The first-order valence-corrected chi connectivity index (χ1v) is 4.70. The topological polar surface area (TPSA) is 48.1 Å². The van der Waals surface area contributed by atoms with Crippen molar-refractivity contribution in [1.29, 1.82) is 0 Å². The molecule has 0 spiro atoms. The molecule has 0 unspecified atom stereocenters. The van der Waals surface area contributed by atoms with E-state index in [9.17, 15) is 0 Å². The van der Waals surface area contributed by atoms with Crippen LogP contribution in [0.15, 0.2) is 18.5 Å². The molecule has 13 heavy (non-hydrogen) atoms. The fraction of sp³-hybridized carbons (Fsp3) is 0.500. The number of ether oxygens (including phenoxy) is 1. The monoisotopic (exact) mass is 178 g/mol. The summed E-state index contributed by atoms with van der Waals surface area (Å²) in [7, 11) is 0. The average molecular weight is 178 g/mol. The first-order valence-electron chi connectivity index (χ1n) is 4.70. The highest BCUT2D eigenvalue weighted by Crippen LogP contribution is 2.26. The molecule has 70 valence electrons. The largest absolute Gasteiger partial charge is 0.488 e. The normalized spacial score (nSPS) is 16.7. The van der Waals surface area contributed by atoms with Crippen LogP contribution in [0.5, 0.6) is 5.75 Å². The molecule has 0 atom stereocenters. The standard InChI is InChI=1S/C10H14N2O/c11-6-8-4-5-12-7-10(8)13-9-2-1-3-9/h4-5,7,9H,1-3,6,11H2. The molecule has 2 rings (SSSR count). The summed E-state index contributed by atoms with van der Waals surface area (Å²) in [4.78, 5) is 4.02. The van der Waals surface area contributed by atoms with Crippen molar-refractivity contribution in [3.63, 3.8) is 0 Å². The molecule has 2 N–H and O–H groups in total. The summed E-state index contributed by atoms with van der Waals surface area (Å²) in [5.41, 5.74) is 6.62. The number of rotatable bonds is 3. The van der Waals surface area contributed by atoms with Gasteiger partial charge in [0.2, 0.25) is 0 Å². The maximum atomic E-state index is 5.73. The van der Waals surface area contributed by atoms with Crippen LogP contribution in [0.3, 0.4) is 0 Å². The van der Waals surface area contributed by atoms with Crippen molar-refractivity contribution >= 4 is 0 Å². The minimum Gasteiger partial charge on any atom is -0.488 e. The average Bonchev–Trinajstić information content (AvgIpc) is 2.12. The Morgan fingerprint density at radius 2 is 2.38 bits per heavy atom. The van der Waals surface area contributed by atoms with Gasteiger partial charge in [-0.15, -0.1) is 0 Å². The minimum absolute atomic E-state index is 0.398. The van der Waals surface area contributed by atoms with Gasteiger partial charge in [0.15, 0.2) is 0 Å². The predicted octanol–water partition coefficient (Wildman–Crippen LogP) is 1.47. The molecule has 1 aliphatic carbocycles. The van der Waals surface area contributed by atoms with Crippen LogP contribution in [0, 0.1) is 0 Å². The molecule has 1 aromatic rings. The Hall–Kier alpha value is -1.09. The fourth-order valence-electron chi connectivity index (χ4n) is 1.35. The molecule has 1 saturated carbocycles. The van der Waals surface area contributed by atoms with Crippen molar-refractivity contribution in [3.05, 3.63) is 24.0 Å². The van der Waals surface area contributed by atoms with Gasteiger partial charge in [-0.2, -0.15) is 0 Å². The van der Waals surface area contributed by atoms with Gasteiger partial charge in [0.05, 0.1) is 12.3 Å². The first-order chi connectivity index (χ1) is 6.40. The summed E-state index contributed by atoms with van der Waals surface area (Å²) in [6.45, 7) is 0.518. The van der Waals surface area contributed by atoms with Gasteiger partial charge in [0, 0.05) is 18.3 Å². The maximum absolute atomic E-state index is 5.73. The fourth-order valence-corrected chi connectivity index (χ4v) is 1.35. The number of hydrogen-bond acceptors (Lipinski definition) is 3. The molecule has 0 radical (unpaired) electrons. The Bertz CT molecular complexity index is 284. The quantitative estimate of drug-likeness (QED) is 0.762. The highest BCUT2D eigenvalue weighted by molar-refractivity contribution is 5.29. The first kappa shape index (κ1) is 8.51. The molecule has 3 nitrogen and oxygen atoms in total. The van der Waals surface area contributed by atoms with E-state index in [0.717, 1.165) is 11.3 Å². The Morgan fingerprint density at radius 1 is 1.54 bits per heavy atom. The molecule has 3 heteroatoms. The van der Waals surface area contributed by atoms with Gasteiger partial charge >= 0.3 is 0 Å². The smallest absolute Gasteiger partial charge is 0.142 e. The van der Waals surface area contributed by atoms with Crippen LogP contribution < -0.4 is 10.5 Å². The van der Waals surface area contributed by atoms with Gasteiger partial charge in [0.25, 0.3) is 0 Å². The van der Waals surface area contributed by atoms with E-state index in [4.69, 9.17) is 10.5 Å². The van der Waals surface area contributed by atoms with E-state index in [-0.39, 0.29) is 0 Å². The third-order valence-corrected chi connectivity index (χ3v) is 2.44. The van der Waals surface area contributed by atoms with Crippen LogP contribution in [-0.2, 0) is 6.54 Å². The molecule has 0 aliphatic heterocycles. The lowest BCUT2D eigenvalue weighted by atomic mass is 9.96. The van der Waals surface area contributed by atoms with Crippen LogP contribution in [0.1, 0.15) is 24.8 Å². The highest BCUT2D eigenvalue weighted by Gasteiger charge is 2.19. The predicted molar refractivity (Wildman–Crippen MR) is 50.4 cm³/mol. The summed E-state index contributed by atoms with van der Waals surface area (Å²) >= 11 is 0. The van der Waals surface area contributed by atoms with E-state index < -0.39 is 0 Å². The zero-order valence-corrected chi connectivity index (χ0v) is 7.57. The van der Waals surface area contributed by atoms with E-state index in [0.29, 0.717) is 12.6 Å². The maximum Gasteiger partial charge on any atom is 0.142 e. The van der Waals surface area contributed by atoms with Crippen molar-refractivity contribution in [2.24, 2.45) is 5.73 Å². The summed E-state index contributed by atoms with van der Waals surface area (Å²) < 4.78 is 5.73. The molecule has 0 aromatic carbocycles. The van der Waals surface area contributed by atoms with Gasteiger partial charge in [-0.25, -0.2) is 0 Å². The zero-order chi connectivity index (χ0) is 9.10. The SMILES string of the molecule is NCc1ccncc1OC1CCC1. The minimum atomic E-state index is 0.398. The van der Waals surface area contributed by atoms with Crippen LogP contribution in [0.2, 0.25) is 0 Å². The lowest BCUT2D eigenvalue weighted by Crippen LogP contribution is -2.25. The Balaban J connectivity index is 2.08. The van der Waals surface area contributed by atoms with Gasteiger partial charge < -0.3 is 10.5 Å². The number of pyridine rings is 1. The second kappa shape index (κ2) is 3.75. The number of nitrogens with two attached hydrogens (primary N) is 1. The van der Waals surface area contributed by atoms with Crippen molar-refractivity contribution in [1.82, 2.24) is 4.98 Å². The number of hydrogen-bond donors (Lipinski definition) is 1. The highest BCUT2D eigenvalue weighted by atomic mass is 16.5. The van der Waals surface area contributed by atoms with Gasteiger partial charge in [-0.1, -0.05) is 0 Å². The molecule has 0 amide bonds. The van der Waals surface area contributed by atoms with Gasteiger partial charge in [-0.3, -0.25) is 4.98 Å². The van der Waals surface area contributed by atoms with Crippen molar-refractivity contribution in [3.8, 4) is 5.75 Å². The second-order valence-corrected chi connectivity index (χ2v) is 3.36. The van der Waals surface area contributed by atoms with Crippen molar-refractivity contribution < 1.29 is 4.74 Å². The van der Waals surface area contributed by atoms with Crippen LogP contribution in [0.25, 0.3) is 0 Å². The third-order valence-electron chi connectivity index (χ3n) is 2.44. The molecule has 0 bridgehead atoms. The zero-order valence-electron chi connectivity index (χ0n) is 7.57. The van der Waals surface area contributed by atoms with E-state index >= 15 is 0 Å². The summed E-state index contributed by atoms with van der Waals surface area (Å²) in [6.07, 6.45) is 7.51. The van der Waals surface area contributed by atoms with Crippen LogP contribution >= 0.6 is 0 Å². The molecule has 0 saturated heterocycles. The van der Waals surface area contributed by atoms with E-state index in [1.807, 2.05) is 6.07 Å². The van der Waals surface area contributed by atoms with Gasteiger partial charge in [-0.05, 0) is 25.3 Å². The van der Waals surface area contributed by atoms with E-state index in [1.54, 1.807) is 12.4 Å². The third kappa shape index (κ3) is 1.80. The van der Waals surface area contributed by atoms with Crippen molar-refractivity contribution in [2.75, 3.05) is 0 Å². The second-order valence-electron chi connectivity index (χ2n) is 3.36. The molecular formula is C10H14N2O. The lowest BCUT2D eigenvalue weighted by molar-refractivity contribution is 0.118. The Kier molecular flexibility index (Phi) is 2.45. The molecule has 1 aromatic heterocycles. The van der Waals surface area contributed by atoms with E-state index in [1.165, 1.54) is 19.3 Å². The number of aromatic nitrogens is 1.